The summed E-state index contributed by atoms with van der Waals surface area (Å²) in [5, 5.41) is 3.89. The number of nitrogens with zero attached hydrogens (tertiary/aromatic N) is 2. The Bertz CT molecular complexity index is 1160. The number of hydrogen-bond donors (Lipinski definition) is 1. The number of hydrogen-bond acceptors (Lipinski definition) is 7. The Hall–Kier alpha value is -3.26. The third kappa shape index (κ3) is 5.12. The maximum atomic E-state index is 13.1. The molecule has 8 heteroatoms. The quantitative estimate of drug-likeness (QED) is 0.586. The molecule has 1 amide bonds. The van der Waals surface area contributed by atoms with Crippen molar-refractivity contribution < 1.29 is 19.1 Å². The number of amides is 1. The normalized spacial score (nSPS) is 17.7. The van der Waals surface area contributed by atoms with Gasteiger partial charge >= 0.3 is 5.97 Å². The van der Waals surface area contributed by atoms with Crippen LogP contribution in [0, 0.1) is 0 Å². The Morgan fingerprint density at radius 3 is 2.74 bits per heavy atom. The van der Waals surface area contributed by atoms with E-state index in [0.717, 1.165) is 29.4 Å². The van der Waals surface area contributed by atoms with Crippen molar-refractivity contribution in [2.45, 2.75) is 39.3 Å². The van der Waals surface area contributed by atoms with Gasteiger partial charge in [-0.25, -0.2) is 9.79 Å². The molecule has 0 unspecified atom stereocenters. The van der Waals surface area contributed by atoms with E-state index < -0.39 is 0 Å². The van der Waals surface area contributed by atoms with E-state index in [0.29, 0.717) is 28.3 Å². The molecule has 2 aliphatic heterocycles. The standard InChI is InChI=1S/C26H29N3O4S/c1-16(2)33-25(31)22-17(3)27-26-29(12-7-13-34-26)23(22)18-8-5-10-20(14-18)28-24(30)19-9-6-11-21(15-19)32-4/h5-6,8-11,14-16,23H,7,12-13H2,1-4H3,(H,28,30)/t23-/m1/s1. The zero-order chi connectivity index (χ0) is 24.2. The fourth-order valence-corrected chi connectivity index (χ4v) is 5.13. The number of allylic oxidation sites excluding steroid dienone is 1. The number of fused-ring (bicyclic) bond motifs is 1. The van der Waals surface area contributed by atoms with E-state index >= 15 is 0 Å². The molecule has 2 aromatic carbocycles. The molecule has 1 saturated heterocycles. The molecular formula is C26H29N3O4S. The van der Waals surface area contributed by atoms with Crippen molar-refractivity contribution in [1.82, 2.24) is 4.90 Å². The van der Waals surface area contributed by atoms with E-state index in [2.05, 4.69) is 10.2 Å². The van der Waals surface area contributed by atoms with Crippen LogP contribution in [-0.4, -0.2) is 47.5 Å². The summed E-state index contributed by atoms with van der Waals surface area (Å²) >= 11 is 1.70. The molecule has 4 rings (SSSR count). The molecule has 7 nitrogen and oxygen atoms in total. The molecule has 0 spiro atoms. The summed E-state index contributed by atoms with van der Waals surface area (Å²) in [5.41, 5.74) is 3.25. The first-order valence-corrected chi connectivity index (χ1v) is 12.3. The van der Waals surface area contributed by atoms with Crippen molar-refractivity contribution in [3.05, 3.63) is 70.9 Å². The van der Waals surface area contributed by atoms with Crippen LogP contribution in [-0.2, 0) is 9.53 Å². The highest BCUT2D eigenvalue weighted by atomic mass is 32.2. The molecule has 34 heavy (non-hydrogen) atoms. The molecule has 0 saturated carbocycles. The smallest absolute Gasteiger partial charge is 0.338 e. The van der Waals surface area contributed by atoms with Gasteiger partial charge in [-0.2, -0.15) is 0 Å². The monoisotopic (exact) mass is 479 g/mol. The fourth-order valence-electron chi connectivity index (χ4n) is 4.11. The van der Waals surface area contributed by atoms with Gasteiger partial charge in [0.25, 0.3) is 5.91 Å². The average molecular weight is 480 g/mol. The van der Waals surface area contributed by atoms with E-state index in [1.54, 1.807) is 43.1 Å². The Morgan fingerprint density at radius 2 is 1.97 bits per heavy atom. The molecule has 2 aliphatic rings. The predicted molar refractivity (Wildman–Crippen MR) is 135 cm³/mol. The second kappa shape index (κ2) is 10.3. The van der Waals surface area contributed by atoms with Crippen LogP contribution in [0.3, 0.4) is 0 Å². The predicted octanol–water partition coefficient (Wildman–Crippen LogP) is 5.02. The number of benzene rings is 2. The summed E-state index contributed by atoms with van der Waals surface area (Å²) in [7, 11) is 1.57. The van der Waals surface area contributed by atoms with E-state index in [9.17, 15) is 9.59 Å². The highest BCUT2D eigenvalue weighted by molar-refractivity contribution is 8.13. The number of aliphatic imine (C=N–C) groups is 1. The SMILES string of the molecule is COc1cccc(C(=O)Nc2cccc([C@@H]3C(C(=O)OC(C)C)=C(C)N=C4SCCCN43)c2)c1. The van der Waals surface area contributed by atoms with Crippen LogP contribution < -0.4 is 10.1 Å². The van der Waals surface area contributed by atoms with Crippen molar-refractivity contribution in [2.24, 2.45) is 4.99 Å². The molecule has 0 aliphatic carbocycles. The Labute approximate surface area is 204 Å². The van der Waals surface area contributed by atoms with Gasteiger partial charge in [0.2, 0.25) is 0 Å². The van der Waals surface area contributed by atoms with Gasteiger partial charge < -0.3 is 19.7 Å². The zero-order valence-corrected chi connectivity index (χ0v) is 20.6. The lowest BCUT2D eigenvalue weighted by atomic mass is 9.94. The van der Waals surface area contributed by atoms with E-state index in [4.69, 9.17) is 14.5 Å². The molecule has 0 bridgehead atoms. The Balaban J connectivity index is 1.67. The summed E-state index contributed by atoms with van der Waals surface area (Å²) in [6.07, 6.45) is 0.765. The molecule has 1 N–H and O–H groups in total. The van der Waals surface area contributed by atoms with E-state index in [1.165, 1.54) is 0 Å². The number of nitrogens with one attached hydrogen (secondary N) is 1. The Morgan fingerprint density at radius 1 is 1.18 bits per heavy atom. The molecule has 0 radical (unpaired) electrons. The highest BCUT2D eigenvalue weighted by Gasteiger charge is 2.38. The molecule has 1 atom stereocenters. The first kappa shape index (κ1) is 23.9. The number of esters is 1. The van der Waals surface area contributed by atoms with Gasteiger partial charge in [-0.1, -0.05) is 30.0 Å². The van der Waals surface area contributed by atoms with Gasteiger partial charge in [0.05, 0.1) is 30.5 Å². The summed E-state index contributed by atoms with van der Waals surface area (Å²) in [4.78, 5) is 32.9. The topological polar surface area (TPSA) is 80.2 Å². The van der Waals surface area contributed by atoms with Crippen LogP contribution in [0.5, 0.6) is 5.75 Å². The van der Waals surface area contributed by atoms with E-state index in [1.807, 2.05) is 45.0 Å². The number of methoxy groups -OCH3 is 1. The van der Waals surface area contributed by atoms with Crippen LogP contribution >= 0.6 is 11.8 Å². The van der Waals surface area contributed by atoms with Gasteiger partial charge in [0.15, 0.2) is 5.17 Å². The number of rotatable bonds is 6. The first-order valence-electron chi connectivity index (χ1n) is 11.3. The maximum Gasteiger partial charge on any atom is 0.338 e. The van der Waals surface area contributed by atoms with Crippen molar-refractivity contribution in [1.29, 1.82) is 0 Å². The maximum absolute atomic E-state index is 13.1. The lowest BCUT2D eigenvalue weighted by molar-refractivity contribution is -0.143. The van der Waals surface area contributed by atoms with Gasteiger partial charge in [-0.15, -0.1) is 0 Å². The van der Waals surface area contributed by atoms with Crippen LogP contribution in [0.2, 0.25) is 0 Å². The zero-order valence-electron chi connectivity index (χ0n) is 19.8. The van der Waals surface area contributed by atoms with Crippen LogP contribution in [0.1, 0.15) is 49.2 Å². The summed E-state index contributed by atoms with van der Waals surface area (Å²) in [5.74, 6) is 1.02. The molecule has 2 aromatic rings. The summed E-state index contributed by atoms with van der Waals surface area (Å²) < 4.78 is 10.8. The van der Waals surface area contributed by atoms with Gasteiger partial charge in [0.1, 0.15) is 5.75 Å². The van der Waals surface area contributed by atoms with Gasteiger partial charge in [0, 0.05) is 23.5 Å². The minimum absolute atomic E-state index is 0.233. The number of carbonyl (C=O) groups is 2. The van der Waals surface area contributed by atoms with Crippen molar-refractivity contribution in [2.75, 3.05) is 24.7 Å². The molecule has 1 fully saturated rings. The third-order valence-electron chi connectivity index (χ3n) is 5.61. The average Bonchev–Trinajstić information content (AvgIpc) is 2.82. The molecule has 0 aromatic heterocycles. The van der Waals surface area contributed by atoms with Crippen LogP contribution in [0.15, 0.2) is 64.8 Å². The summed E-state index contributed by atoms with van der Waals surface area (Å²) in [6.45, 7) is 6.33. The minimum Gasteiger partial charge on any atom is -0.497 e. The van der Waals surface area contributed by atoms with Crippen molar-refractivity contribution >= 4 is 34.5 Å². The molecule has 178 valence electrons. The van der Waals surface area contributed by atoms with Crippen molar-refractivity contribution in [3.63, 3.8) is 0 Å². The summed E-state index contributed by atoms with van der Waals surface area (Å²) in [6, 6.07) is 14.3. The van der Waals surface area contributed by atoms with Gasteiger partial charge in [-0.05, 0) is 63.1 Å². The lowest BCUT2D eigenvalue weighted by Gasteiger charge is -2.40. The van der Waals surface area contributed by atoms with Crippen LogP contribution in [0.4, 0.5) is 5.69 Å². The number of amidine groups is 1. The van der Waals surface area contributed by atoms with Gasteiger partial charge in [-0.3, -0.25) is 4.79 Å². The number of thioether (sulfide) groups is 1. The van der Waals surface area contributed by atoms with E-state index in [-0.39, 0.29) is 24.0 Å². The fraction of sp³-hybridized carbons (Fsp3) is 0.346. The van der Waals surface area contributed by atoms with Crippen molar-refractivity contribution in [3.8, 4) is 5.75 Å². The third-order valence-corrected chi connectivity index (χ3v) is 6.69. The Kier molecular flexibility index (Phi) is 7.26. The number of anilines is 1. The second-order valence-corrected chi connectivity index (χ2v) is 9.52. The van der Waals surface area contributed by atoms with Crippen LogP contribution in [0.25, 0.3) is 0 Å². The second-order valence-electron chi connectivity index (χ2n) is 8.46. The number of ether oxygens (including phenoxy) is 2. The minimum atomic E-state index is -0.360. The molecule has 2 heterocycles. The molecular weight excluding hydrogens is 450 g/mol. The largest absolute Gasteiger partial charge is 0.497 e. The lowest BCUT2D eigenvalue weighted by Crippen LogP contribution is -2.42. The number of carbonyl (C=O) groups excluding carboxylic acids is 2. The highest BCUT2D eigenvalue weighted by Crippen LogP contribution is 2.40. The first-order chi connectivity index (χ1) is 16.4.